The molecular formula is C26H42N2O4. The SMILES string of the molecule is C[C@H](CCC(N)=O)[C@H]1CC[C@H]2[C@@H]3CCC4(C(=O)O)CC(NC=O)CC[C@]4(C)[C@H]3CC[C@]12C. The van der Waals surface area contributed by atoms with Gasteiger partial charge in [-0.05, 0) is 105 Å². The molecule has 4 saturated carbocycles. The fourth-order valence-electron chi connectivity index (χ4n) is 9.51. The first kappa shape index (κ1) is 23.6. The summed E-state index contributed by atoms with van der Waals surface area (Å²) in [6, 6.07) is -0.0240. The molecule has 4 rings (SSSR count). The Morgan fingerprint density at radius 2 is 1.84 bits per heavy atom. The van der Waals surface area contributed by atoms with Crippen LogP contribution in [0.1, 0.15) is 91.4 Å². The van der Waals surface area contributed by atoms with Crippen LogP contribution < -0.4 is 11.1 Å². The lowest BCUT2D eigenvalue weighted by atomic mass is 9.39. The number of nitrogens with two attached hydrogens (primary N) is 1. The number of nitrogens with one attached hydrogen (secondary N) is 1. The quantitative estimate of drug-likeness (QED) is 0.511. The van der Waals surface area contributed by atoms with Crippen LogP contribution in [0.25, 0.3) is 0 Å². The number of amides is 2. The van der Waals surface area contributed by atoms with Crippen LogP contribution in [-0.2, 0) is 14.4 Å². The molecule has 2 amide bonds. The zero-order valence-corrected chi connectivity index (χ0v) is 20.1. The predicted molar refractivity (Wildman–Crippen MR) is 122 cm³/mol. The summed E-state index contributed by atoms with van der Waals surface area (Å²) in [6.07, 6.45) is 10.8. The summed E-state index contributed by atoms with van der Waals surface area (Å²) in [5.74, 6) is 1.95. The largest absolute Gasteiger partial charge is 0.481 e. The Hall–Kier alpha value is -1.59. The van der Waals surface area contributed by atoms with E-state index in [-0.39, 0.29) is 22.8 Å². The first-order valence-electron chi connectivity index (χ1n) is 12.8. The average Bonchev–Trinajstić information content (AvgIpc) is 3.09. The Kier molecular flexibility index (Phi) is 6.13. The van der Waals surface area contributed by atoms with Gasteiger partial charge in [-0.3, -0.25) is 14.4 Å². The number of carbonyl (C=O) groups excluding carboxylic acids is 2. The minimum Gasteiger partial charge on any atom is -0.481 e. The lowest BCUT2D eigenvalue weighted by Crippen LogP contribution is -2.63. The van der Waals surface area contributed by atoms with Gasteiger partial charge in [0, 0.05) is 12.5 Å². The van der Waals surface area contributed by atoms with E-state index in [9.17, 15) is 19.5 Å². The van der Waals surface area contributed by atoms with Gasteiger partial charge < -0.3 is 16.2 Å². The number of carboxylic acid groups (broad SMARTS) is 1. The highest BCUT2D eigenvalue weighted by molar-refractivity contribution is 5.76. The number of hydrogen-bond acceptors (Lipinski definition) is 3. The average molecular weight is 447 g/mol. The standard InChI is InChI=1S/C26H42N2O4/c1-16(4-7-22(27)30)19-5-6-20-18-9-13-26(23(31)32)14-17(28-15-29)8-12-25(26,3)21(18)10-11-24(19,20)2/h15-21H,4-14H2,1-3H3,(H2,27,30)(H,28,29)(H,31,32)/t16-,17?,18+,19-,20+,21+,24-,25-,26?/m1/s1. The number of carbonyl (C=O) groups is 3. The maximum Gasteiger partial charge on any atom is 0.310 e. The fourth-order valence-corrected chi connectivity index (χ4v) is 9.51. The van der Waals surface area contributed by atoms with Crippen LogP contribution in [-0.4, -0.2) is 29.4 Å². The van der Waals surface area contributed by atoms with Crippen molar-refractivity contribution in [2.24, 2.45) is 51.6 Å². The van der Waals surface area contributed by atoms with E-state index in [0.29, 0.717) is 42.4 Å². The third kappa shape index (κ3) is 3.38. The lowest BCUT2D eigenvalue weighted by Gasteiger charge is -2.64. The van der Waals surface area contributed by atoms with Crippen molar-refractivity contribution in [3.8, 4) is 0 Å². The normalized spacial score (nSPS) is 46.3. The van der Waals surface area contributed by atoms with Crippen LogP contribution in [0.2, 0.25) is 0 Å². The number of aliphatic carboxylic acids is 1. The zero-order valence-electron chi connectivity index (χ0n) is 20.1. The molecule has 6 nitrogen and oxygen atoms in total. The van der Waals surface area contributed by atoms with Crippen LogP contribution >= 0.6 is 0 Å². The highest BCUT2D eigenvalue weighted by atomic mass is 16.4. The van der Waals surface area contributed by atoms with E-state index in [1.165, 1.54) is 12.8 Å². The molecule has 0 saturated heterocycles. The van der Waals surface area contributed by atoms with Gasteiger partial charge in [-0.1, -0.05) is 20.8 Å². The molecule has 0 aromatic carbocycles. The van der Waals surface area contributed by atoms with Gasteiger partial charge in [-0.2, -0.15) is 0 Å². The molecular weight excluding hydrogens is 404 g/mol. The van der Waals surface area contributed by atoms with Gasteiger partial charge in [0.2, 0.25) is 12.3 Å². The van der Waals surface area contributed by atoms with E-state index in [4.69, 9.17) is 5.73 Å². The number of fused-ring (bicyclic) bond motifs is 5. The Morgan fingerprint density at radius 1 is 1.09 bits per heavy atom. The van der Waals surface area contributed by atoms with Crippen molar-refractivity contribution in [2.75, 3.05) is 0 Å². The summed E-state index contributed by atoms with van der Waals surface area (Å²) in [4.78, 5) is 35.1. The van der Waals surface area contributed by atoms with E-state index in [1.54, 1.807) is 0 Å². The summed E-state index contributed by atoms with van der Waals surface area (Å²) in [5.41, 5.74) is 4.77. The number of rotatable bonds is 7. The molecule has 4 fully saturated rings. The molecule has 0 heterocycles. The molecule has 0 spiro atoms. The van der Waals surface area contributed by atoms with Crippen molar-refractivity contribution in [3.05, 3.63) is 0 Å². The van der Waals surface area contributed by atoms with E-state index in [1.807, 2.05) is 0 Å². The molecule has 32 heavy (non-hydrogen) atoms. The van der Waals surface area contributed by atoms with Crippen molar-refractivity contribution in [2.45, 2.75) is 97.4 Å². The van der Waals surface area contributed by atoms with Gasteiger partial charge in [0.25, 0.3) is 0 Å². The molecule has 0 bridgehead atoms. The van der Waals surface area contributed by atoms with E-state index in [2.05, 4.69) is 26.1 Å². The van der Waals surface area contributed by atoms with Crippen LogP contribution in [0.4, 0.5) is 0 Å². The van der Waals surface area contributed by atoms with Gasteiger partial charge in [0.15, 0.2) is 0 Å². The Bertz CT molecular complexity index is 771. The molecule has 180 valence electrons. The molecule has 4 aliphatic rings. The smallest absolute Gasteiger partial charge is 0.310 e. The molecule has 9 atom stereocenters. The van der Waals surface area contributed by atoms with Crippen molar-refractivity contribution < 1.29 is 19.5 Å². The second-order valence-corrected chi connectivity index (χ2v) is 12.2. The van der Waals surface area contributed by atoms with Gasteiger partial charge in [0.05, 0.1) is 5.41 Å². The van der Waals surface area contributed by atoms with E-state index >= 15 is 0 Å². The molecule has 4 N–H and O–H groups in total. The predicted octanol–water partition coefficient (Wildman–Crippen LogP) is 4.12. The van der Waals surface area contributed by atoms with Crippen LogP contribution in [0, 0.1) is 45.8 Å². The van der Waals surface area contributed by atoms with Crippen molar-refractivity contribution in [1.82, 2.24) is 5.32 Å². The second-order valence-electron chi connectivity index (χ2n) is 12.2. The maximum atomic E-state index is 12.7. The molecule has 4 aliphatic carbocycles. The third-order valence-electron chi connectivity index (χ3n) is 11.2. The molecule has 6 heteroatoms. The monoisotopic (exact) mass is 446 g/mol. The zero-order chi connectivity index (χ0) is 23.3. The van der Waals surface area contributed by atoms with E-state index < -0.39 is 11.4 Å². The summed E-state index contributed by atoms with van der Waals surface area (Å²) >= 11 is 0. The van der Waals surface area contributed by atoms with Gasteiger partial charge in [-0.25, -0.2) is 0 Å². The molecule has 0 aromatic heterocycles. The first-order chi connectivity index (χ1) is 15.1. The van der Waals surface area contributed by atoms with Gasteiger partial charge in [-0.15, -0.1) is 0 Å². The number of primary amides is 1. The van der Waals surface area contributed by atoms with Crippen molar-refractivity contribution >= 4 is 18.3 Å². The molecule has 2 unspecified atom stereocenters. The summed E-state index contributed by atoms with van der Waals surface area (Å²) in [7, 11) is 0. The van der Waals surface area contributed by atoms with Crippen molar-refractivity contribution in [3.63, 3.8) is 0 Å². The highest BCUT2D eigenvalue weighted by Gasteiger charge is 2.67. The van der Waals surface area contributed by atoms with Gasteiger partial charge in [0.1, 0.15) is 0 Å². The Morgan fingerprint density at radius 3 is 2.50 bits per heavy atom. The summed E-state index contributed by atoms with van der Waals surface area (Å²) < 4.78 is 0. The Labute approximate surface area is 192 Å². The summed E-state index contributed by atoms with van der Waals surface area (Å²) in [6.45, 7) is 7.05. The summed E-state index contributed by atoms with van der Waals surface area (Å²) in [5, 5.41) is 13.4. The molecule has 0 radical (unpaired) electrons. The molecule has 0 aliphatic heterocycles. The minimum atomic E-state index is -0.729. The lowest BCUT2D eigenvalue weighted by molar-refractivity contribution is -0.195. The molecule has 0 aromatic rings. The second kappa shape index (κ2) is 8.32. The topological polar surface area (TPSA) is 109 Å². The van der Waals surface area contributed by atoms with Crippen LogP contribution in [0.5, 0.6) is 0 Å². The Balaban J connectivity index is 1.58. The number of carboxylic acids is 1. The highest BCUT2D eigenvalue weighted by Crippen LogP contribution is 2.71. The maximum absolute atomic E-state index is 12.7. The first-order valence-corrected chi connectivity index (χ1v) is 12.8. The van der Waals surface area contributed by atoms with Crippen LogP contribution in [0.3, 0.4) is 0 Å². The van der Waals surface area contributed by atoms with E-state index in [0.717, 1.165) is 51.4 Å². The fraction of sp³-hybridized carbons (Fsp3) is 0.885. The third-order valence-corrected chi connectivity index (χ3v) is 11.2. The number of hydrogen-bond donors (Lipinski definition) is 3. The minimum absolute atomic E-state index is 0.0240. The van der Waals surface area contributed by atoms with Crippen LogP contribution in [0.15, 0.2) is 0 Å². The van der Waals surface area contributed by atoms with Crippen molar-refractivity contribution in [1.29, 1.82) is 0 Å². The van der Waals surface area contributed by atoms with Gasteiger partial charge >= 0.3 is 5.97 Å².